The molecule has 0 aliphatic heterocycles. The zero-order valence-electron chi connectivity index (χ0n) is 15.5. The lowest BCUT2D eigenvalue weighted by Gasteiger charge is -2.36. The summed E-state index contributed by atoms with van der Waals surface area (Å²) in [6.07, 6.45) is -1.69. The maximum absolute atomic E-state index is 13.5. The van der Waals surface area contributed by atoms with Crippen molar-refractivity contribution in [2.45, 2.75) is 20.0 Å². The second-order valence-electron chi connectivity index (χ2n) is 6.68. The molecule has 0 bridgehead atoms. The molecule has 6 heteroatoms. The van der Waals surface area contributed by atoms with E-state index in [1.807, 2.05) is 0 Å². The number of hydrogen-bond acceptors (Lipinski definition) is 6. The molecular weight excluding hydrogens is 360 g/mol. The van der Waals surface area contributed by atoms with Gasteiger partial charge in [-0.2, -0.15) is 0 Å². The number of aliphatic hydroxyl groups excluding tert-OH is 1. The second kappa shape index (κ2) is 7.48. The van der Waals surface area contributed by atoms with Gasteiger partial charge in [-0.25, -0.2) is 0 Å². The van der Waals surface area contributed by atoms with Gasteiger partial charge in [-0.3, -0.25) is 19.2 Å². The number of carbonyl (C=O) groups excluding carboxylic acids is 4. The Labute approximate surface area is 162 Å². The Hall–Kier alpha value is -3.12. The van der Waals surface area contributed by atoms with Gasteiger partial charge in [0.15, 0.2) is 11.6 Å². The first-order chi connectivity index (χ1) is 13.4. The van der Waals surface area contributed by atoms with Gasteiger partial charge in [0.2, 0.25) is 0 Å². The van der Waals surface area contributed by atoms with Crippen LogP contribution in [0.1, 0.15) is 46.2 Å². The van der Waals surface area contributed by atoms with E-state index in [-0.39, 0.29) is 23.3 Å². The lowest BCUT2D eigenvalue weighted by atomic mass is 9.64. The molecule has 6 nitrogen and oxygen atoms in total. The highest BCUT2D eigenvalue weighted by atomic mass is 16.5. The van der Waals surface area contributed by atoms with Crippen molar-refractivity contribution in [2.24, 2.45) is 11.3 Å². The summed E-state index contributed by atoms with van der Waals surface area (Å²) in [5.74, 6) is -4.98. The largest absolute Gasteiger partial charge is 0.465 e. The van der Waals surface area contributed by atoms with Crippen molar-refractivity contribution in [1.82, 2.24) is 0 Å². The fourth-order valence-electron chi connectivity index (χ4n) is 3.89. The molecule has 2 aromatic rings. The van der Waals surface area contributed by atoms with Crippen LogP contribution in [0.2, 0.25) is 0 Å². The monoisotopic (exact) mass is 380 g/mol. The van der Waals surface area contributed by atoms with E-state index < -0.39 is 40.8 Å². The van der Waals surface area contributed by atoms with Crippen LogP contribution in [0, 0.1) is 11.3 Å². The summed E-state index contributed by atoms with van der Waals surface area (Å²) in [6, 6.07) is 14.1. The van der Waals surface area contributed by atoms with Crippen LogP contribution in [-0.4, -0.2) is 35.0 Å². The fourth-order valence-corrected chi connectivity index (χ4v) is 3.89. The van der Waals surface area contributed by atoms with E-state index in [9.17, 15) is 24.3 Å². The molecule has 0 amide bonds. The number of hydrogen-bond donors (Lipinski definition) is 1. The highest BCUT2D eigenvalue weighted by molar-refractivity contribution is 6.33. The molecule has 144 valence electrons. The van der Waals surface area contributed by atoms with Crippen LogP contribution >= 0.6 is 0 Å². The topological polar surface area (TPSA) is 97.7 Å². The minimum absolute atomic E-state index is 0.0323. The third-order valence-corrected chi connectivity index (χ3v) is 5.10. The van der Waals surface area contributed by atoms with Crippen molar-refractivity contribution in [1.29, 1.82) is 0 Å². The van der Waals surface area contributed by atoms with Crippen molar-refractivity contribution in [3.63, 3.8) is 0 Å². The molecule has 3 rings (SSSR count). The van der Waals surface area contributed by atoms with E-state index in [0.29, 0.717) is 0 Å². The third kappa shape index (κ3) is 2.77. The minimum atomic E-state index is -2.30. The van der Waals surface area contributed by atoms with Crippen LogP contribution in [0.4, 0.5) is 0 Å². The van der Waals surface area contributed by atoms with Crippen molar-refractivity contribution in [2.75, 3.05) is 6.61 Å². The summed E-state index contributed by atoms with van der Waals surface area (Å²) in [7, 11) is 0. The molecule has 0 radical (unpaired) electrons. The van der Waals surface area contributed by atoms with Crippen LogP contribution in [0.25, 0.3) is 0 Å². The zero-order valence-corrected chi connectivity index (χ0v) is 15.5. The number of rotatable bonds is 6. The smallest absolute Gasteiger partial charge is 0.318 e. The summed E-state index contributed by atoms with van der Waals surface area (Å²) < 4.78 is 5.01. The molecule has 1 N–H and O–H groups in total. The number of fused-ring (bicyclic) bond motifs is 1. The Balaban J connectivity index is 2.30. The molecule has 0 fully saturated rings. The number of aliphatic hydroxyl groups is 1. The lowest BCUT2D eigenvalue weighted by molar-refractivity contribution is -0.157. The summed E-state index contributed by atoms with van der Waals surface area (Å²) in [4.78, 5) is 52.1. The summed E-state index contributed by atoms with van der Waals surface area (Å²) >= 11 is 0. The van der Waals surface area contributed by atoms with Gasteiger partial charge in [0.25, 0.3) is 0 Å². The Morgan fingerprint density at radius 2 is 1.46 bits per heavy atom. The molecule has 1 aliphatic rings. The Morgan fingerprint density at radius 3 is 1.93 bits per heavy atom. The fraction of sp³-hybridized carbons (Fsp3) is 0.273. The van der Waals surface area contributed by atoms with Crippen molar-refractivity contribution >= 4 is 23.3 Å². The van der Waals surface area contributed by atoms with E-state index in [2.05, 4.69) is 0 Å². The molecule has 28 heavy (non-hydrogen) atoms. The standard InChI is InChI=1S/C22H20O6/c1-3-28-21(27)17(13(2)23)22(18(24)14-9-5-4-6-10-14)19(25)15-11-7-8-12-16(15)20(22)26/h4-12,17-18,24H,3H2,1-2H3/t17-,18+/m1/s1. The average molecular weight is 380 g/mol. The molecule has 0 aromatic heterocycles. The van der Waals surface area contributed by atoms with E-state index >= 15 is 0 Å². The van der Waals surface area contributed by atoms with E-state index in [4.69, 9.17) is 4.74 Å². The van der Waals surface area contributed by atoms with Gasteiger partial charge in [0.1, 0.15) is 23.2 Å². The quantitative estimate of drug-likeness (QED) is 0.611. The predicted octanol–water partition coefficient (Wildman–Crippen LogP) is 2.55. The molecule has 2 atom stereocenters. The van der Waals surface area contributed by atoms with Crippen molar-refractivity contribution in [3.8, 4) is 0 Å². The summed E-state index contributed by atoms with van der Waals surface area (Å²) in [5, 5.41) is 11.2. The van der Waals surface area contributed by atoms with Gasteiger partial charge < -0.3 is 9.84 Å². The van der Waals surface area contributed by atoms with Gasteiger partial charge in [-0.05, 0) is 19.4 Å². The SMILES string of the molecule is CCOC(=O)[C@@H](C(C)=O)C1([C@@H](O)c2ccccc2)C(=O)c2ccccc2C1=O. The molecule has 2 aromatic carbocycles. The number of Topliss-reactive ketones (excluding diaryl/α,β-unsaturated/α-hetero) is 3. The van der Waals surface area contributed by atoms with Gasteiger partial charge in [0, 0.05) is 11.1 Å². The maximum Gasteiger partial charge on any atom is 0.318 e. The van der Waals surface area contributed by atoms with Gasteiger partial charge in [-0.1, -0.05) is 54.6 Å². The average Bonchev–Trinajstić information content (AvgIpc) is 2.91. The van der Waals surface area contributed by atoms with Crippen LogP contribution in [0.5, 0.6) is 0 Å². The predicted molar refractivity (Wildman–Crippen MR) is 99.7 cm³/mol. The highest BCUT2D eigenvalue weighted by Crippen LogP contribution is 2.51. The van der Waals surface area contributed by atoms with Gasteiger partial charge in [0.05, 0.1) is 6.61 Å². The first kappa shape index (κ1) is 19.6. The number of ketones is 3. The molecule has 0 unspecified atom stereocenters. The first-order valence-electron chi connectivity index (χ1n) is 8.96. The van der Waals surface area contributed by atoms with Gasteiger partial charge >= 0.3 is 5.97 Å². The number of carbonyl (C=O) groups is 4. The Morgan fingerprint density at radius 1 is 0.964 bits per heavy atom. The van der Waals surface area contributed by atoms with E-state index in [0.717, 1.165) is 6.92 Å². The molecule has 0 saturated heterocycles. The van der Waals surface area contributed by atoms with E-state index in [1.54, 1.807) is 37.3 Å². The second-order valence-corrected chi connectivity index (χ2v) is 6.68. The third-order valence-electron chi connectivity index (χ3n) is 5.10. The maximum atomic E-state index is 13.5. The summed E-state index contributed by atoms with van der Waals surface area (Å²) in [5.41, 5.74) is -1.88. The van der Waals surface area contributed by atoms with Crippen LogP contribution in [-0.2, 0) is 14.3 Å². The first-order valence-corrected chi connectivity index (χ1v) is 8.96. The molecule has 1 aliphatic carbocycles. The molecule has 0 saturated carbocycles. The molecule has 0 spiro atoms. The van der Waals surface area contributed by atoms with Crippen molar-refractivity contribution < 1.29 is 29.0 Å². The van der Waals surface area contributed by atoms with Crippen LogP contribution in [0.3, 0.4) is 0 Å². The number of ether oxygens (including phenoxy) is 1. The summed E-state index contributed by atoms with van der Waals surface area (Å²) in [6.45, 7) is 2.64. The zero-order chi connectivity index (χ0) is 20.5. The van der Waals surface area contributed by atoms with Crippen molar-refractivity contribution in [3.05, 3.63) is 71.3 Å². The van der Waals surface area contributed by atoms with Gasteiger partial charge in [-0.15, -0.1) is 0 Å². The number of benzene rings is 2. The van der Waals surface area contributed by atoms with Crippen LogP contribution < -0.4 is 0 Å². The highest BCUT2D eigenvalue weighted by Gasteiger charge is 2.66. The Kier molecular flexibility index (Phi) is 5.25. The molecular formula is C22H20O6. The van der Waals surface area contributed by atoms with E-state index in [1.165, 1.54) is 24.3 Å². The lowest BCUT2D eigenvalue weighted by Crippen LogP contribution is -2.52. The number of esters is 1. The molecule has 0 heterocycles. The normalized spacial score (nSPS) is 17.0. The Bertz CT molecular complexity index is 912. The minimum Gasteiger partial charge on any atom is -0.465 e. The van der Waals surface area contributed by atoms with Crippen LogP contribution in [0.15, 0.2) is 54.6 Å².